The van der Waals surface area contributed by atoms with E-state index in [0.717, 1.165) is 25.8 Å². The number of nitrogens with one attached hydrogen (secondary N) is 1. The van der Waals surface area contributed by atoms with Gasteiger partial charge in [0.15, 0.2) is 0 Å². The van der Waals surface area contributed by atoms with Gasteiger partial charge in [-0.2, -0.15) is 0 Å². The van der Waals surface area contributed by atoms with Crippen molar-refractivity contribution in [2.24, 2.45) is 11.3 Å². The van der Waals surface area contributed by atoms with Crippen LogP contribution in [0.2, 0.25) is 0 Å². The molecule has 1 heterocycles. The van der Waals surface area contributed by atoms with Gasteiger partial charge in [-0.15, -0.1) is 0 Å². The number of esters is 1. The summed E-state index contributed by atoms with van der Waals surface area (Å²) in [6.45, 7) is 21.6. The average Bonchev–Trinajstić information content (AvgIpc) is 2.79. The van der Waals surface area contributed by atoms with Crippen LogP contribution in [0.5, 0.6) is 0 Å². The van der Waals surface area contributed by atoms with Crippen molar-refractivity contribution in [2.45, 2.75) is 113 Å². The van der Waals surface area contributed by atoms with Crippen LogP contribution >= 0.6 is 0 Å². The molecule has 0 saturated carbocycles. The molecule has 0 aromatic heterocycles. The zero-order valence-electron chi connectivity index (χ0n) is 24.4. The first-order chi connectivity index (χ1) is 16.2. The maximum atomic E-state index is 13.4. The van der Waals surface area contributed by atoms with E-state index in [4.69, 9.17) is 4.74 Å². The smallest absolute Gasteiger partial charge is 0.333 e. The number of piperidine rings is 1. The molecule has 0 aliphatic carbocycles. The van der Waals surface area contributed by atoms with Crippen LogP contribution in [-0.2, 0) is 19.1 Å². The van der Waals surface area contributed by atoms with Crippen molar-refractivity contribution in [1.82, 2.24) is 15.1 Å². The van der Waals surface area contributed by atoms with Crippen molar-refractivity contribution >= 4 is 17.8 Å². The molecule has 0 spiro atoms. The summed E-state index contributed by atoms with van der Waals surface area (Å²) in [5.41, 5.74) is 0.00715. The van der Waals surface area contributed by atoms with Crippen molar-refractivity contribution in [1.29, 1.82) is 0 Å². The zero-order valence-corrected chi connectivity index (χ0v) is 24.4. The Morgan fingerprint density at radius 2 is 1.69 bits per heavy atom. The molecule has 35 heavy (non-hydrogen) atoms. The molecule has 0 bridgehead atoms. The van der Waals surface area contributed by atoms with E-state index < -0.39 is 11.5 Å². The highest BCUT2D eigenvalue weighted by Gasteiger charge is 2.39. The van der Waals surface area contributed by atoms with Crippen LogP contribution < -0.4 is 5.32 Å². The van der Waals surface area contributed by atoms with E-state index in [2.05, 4.69) is 44.8 Å². The van der Waals surface area contributed by atoms with Crippen LogP contribution in [0.3, 0.4) is 0 Å². The summed E-state index contributed by atoms with van der Waals surface area (Å²) >= 11 is 0. The Morgan fingerprint density at radius 3 is 2.17 bits per heavy atom. The average molecular weight is 496 g/mol. The summed E-state index contributed by atoms with van der Waals surface area (Å²) in [6, 6.07) is -0.571. The Hall–Kier alpha value is -1.89. The van der Waals surface area contributed by atoms with Crippen LogP contribution in [-0.4, -0.2) is 72.5 Å². The highest BCUT2D eigenvalue weighted by Crippen LogP contribution is 2.25. The van der Waals surface area contributed by atoms with Gasteiger partial charge in [0.2, 0.25) is 11.8 Å². The maximum absolute atomic E-state index is 13.4. The standard InChI is InChI=1S/C25H45N3O4.C3H8/c1-10-32-24(31)18(4)14-16-27(9)23(30)21(25(6,7)8)26-22(29)20-13-11-12-15-28(20)19(5)17(2)3;1-3-2/h14,17,19-21H,10-13,15-16H2,1-9H3,(H,26,29);3H2,1-2H3/b18-14+;. The van der Waals surface area contributed by atoms with Crippen molar-refractivity contribution in [3.63, 3.8) is 0 Å². The summed E-state index contributed by atoms with van der Waals surface area (Å²) < 4.78 is 4.99. The summed E-state index contributed by atoms with van der Waals surface area (Å²) in [4.78, 5) is 42.3. The van der Waals surface area contributed by atoms with E-state index in [1.807, 2.05) is 20.8 Å². The number of hydrogen-bond acceptors (Lipinski definition) is 5. The number of hydrogen-bond donors (Lipinski definition) is 1. The number of likely N-dealkylation sites (N-methyl/N-ethyl adjacent to an activating group) is 1. The highest BCUT2D eigenvalue weighted by atomic mass is 16.5. The number of carbonyl (C=O) groups excluding carboxylic acids is 3. The fourth-order valence-corrected chi connectivity index (χ4v) is 3.91. The number of nitrogens with zero attached hydrogens (tertiary/aromatic N) is 2. The van der Waals surface area contributed by atoms with Crippen molar-refractivity contribution < 1.29 is 19.1 Å². The minimum absolute atomic E-state index is 0.0721. The van der Waals surface area contributed by atoms with Crippen LogP contribution in [0.25, 0.3) is 0 Å². The van der Waals surface area contributed by atoms with Gasteiger partial charge in [0, 0.05) is 25.2 Å². The SMILES string of the molecule is CCC.CCOC(=O)/C(C)=C/CN(C)C(=O)C(NC(=O)C1CCCCN1C(C)C(C)C)C(C)(C)C. The minimum atomic E-state index is -0.658. The van der Waals surface area contributed by atoms with E-state index in [1.54, 1.807) is 31.9 Å². The van der Waals surface area contributed by atoms with Crippen molar-refractivity contribution in [3.05, 3.63) is 11.6 Å². The molecule has 3 unspecified atom stereocenters. The number of likely N-dealkylation sites (tertiary alicyclic amines) is 1. The third kappa shape index (κ3) is 11.1. The summed E-state index contributed by atoms with van der Waals surface area (Å²) in [5.74, 6) is -0.176. The Bertz CT molecular complexity index is 697. The topological polar surface area (TPSA) is 79.0 Å². The molecule has 204 valence electrons. The molecule has 3 atom stereocenters. The molecule has 7 heteroatoms. The van der Waals surface area contributed by atoms with Gasteiger partial charge in [-0.1, -0.05) is 67.4 Å². The molecule has 7 nitrogen and oxygen atoms in total. The summed E-state index contributed by atoms with van der Waals surface area (Å²) in [7, 11) is 1.69. The molecule has 0 aromatic rings. The molecular formula is C28H53N3O4. The van der Waals surface area contributed by atoms with Crippen molar-refractivity contribution in [3.8, 4) is 0 Å². The van der Waals surface area contributed by atoms with E-state index in [9.17, 15) is 14.4 Å². The molecule has 1 aliphatic heterocycles. The fourth-order valence-electron chi connectivity index (χ4n) is 3.91. The molecule has 1 saturated heterocycles. The second kappa shape index (κ2) is 16.0. The lowest BCUT2D eigenvalue weighted by Crippen LogP contribution is -2.60. The van der Waals surface area contributed by atoms with E-state index >= 15 is 0 Å². The third-order valence-corrected chi connectivity index (χ3v) is 6.38. The number of rotatable bonds is 9. The number of carbonyl (C=O) groups is 3. The number of amides is 2. The molecule has 2 amide bonds. The van der Waals surface area contributed by atoms with Gasteiger partial charge >= 0.3 is 5.97 Å². The zero-order chi connectivity index (χ0) is 27.3. The first-order valence-corrected chi connectivity index (χ1v) is 13.4. The first kappa shape index (κ1) is 33.1. The number of ether oxygens (including phenoxy) is 1. The quantitative estimate of drug-likeness (QED) is 0.367. The molecule has 0 aromatic carbocycles. The Labute approximate surface area is 215 Å². The fraction of sp³-hybridized carbons (Fsp3) is 0.821. The van der Waals surface area contributed by atoms with Gasteiger partial charge in [-0.05, 0) is 51.5 Å². The lowest BCUT2D eigenvalue weighted by atomic mass is 9.85. The molecule has 1 fully saturated rings. The molecule has 1 rings (SSSR count). The minimum Gasteiger partial charge on any atom is -0.463 e. The van der Waals surface area contributed by atoms with Gasteiger partial charge in [0.25, 0.3) is 0 Å². The third-order valence-electron chi connectivity index (χ3n) is 6.38. The van der Waals surface area contributed by atoms with Gasteiger partial charge in [0.1, 0.15) is 6.04 Å². The molecule has 1 aliphatic rings. The van der Waals surface area contributed by atoms with Gasteiger partial charge in [-0.3, -0.25) is 14.5 Å². The van der Waals surface area contributed by atoms with Crippen LogP contribution in [0, 0.1) is 11.3 Å². The molecular weight excluding hydrogens is 442 g/mol. The summed E-state index contributed by atoms with van der Waals surface area (Å²) in [6.07, 6.45) is 5.86. The predicted octanol–water partition coefficient (Wildman–Crippen LogP) is 4.80. The first-order valence-electron chi connectivity index (χ1n) is 13.4. The highest BCUT2D eigenvalue weighted by molar-refractivity contribution is 5.91. The Kier molecular flexibility index (Phi) is 15.1. The van der Waals surface area contributed by atoms with Gasteiger partial charge in [0.05, 0.1) is 12.6 Å². The second-order valence-electron chi connectivity index (χ2n) is 11.1. The van der Waals surface area contributed by atoms with E-state index in [-0.39, 0.29) is 30.4 Å². The maximum Gasteiger partial charge on any atom is 0.333 e. The van der Waals surface area contributed by atoms with Crippen LogP contribution in [0.4, 0.5) is 0 Å². The van der Waals surface area contributed by atoms with Gasteiger partial charge in [-0.25, -0.2) is 4.79 Å². The predicted molar refractivity (Wildman–Crippen MR) is 144 cm³/mol. The second-order valence-corrected chi connectivity index (χ2v) is 11.1. The lowest BCUT2D eigenvalue weighted by molar-refractivity contribution is -0.140. The van der Waals surface area contributed by atoms with Crippen LogP contribution in [0.1, 0.15) is 94.9 Å². The molecule has 1 N–H and O–H groups in total. The Morgan fingerprint density at radius 1 is 1.11 bits per heavy atom. The van der Waals surface area contributed by atoms with Crippen molar-refractivity contribution in [2.75, 3.05) is 26.7 Å². The van der Waals surface area contributed by atoms with Gasteiger partial charge < -0.3 is 15.0 Å². The summed E-state index contributed by atoms with van der Waals surface area (Å²) in [5, 5.41) is 3.08. The largest absolute Gasteiger partial charge is 0.463 e. The molecule has 0 radical (unpaired) electrons. The monoisotopic (exact) mass is 495 g/mol. The van der Waals surface area contributed by atoms with E-state index in [0.29, 0.717) is 24.1 Å². The van der Waals surface area contributed by atoms with E-state index in [1.165, 1.54) is 6.42 Å². The lowest BCUT2D eigenvalue weighted by Gasteiger charge is -2.42. The van der Waals surface area contributed by atoms with Crippen LogP contribution in [0.15, 0.2) is 11.6 Å². The normalized spacial score (nSPS) is 18.7. The Balaban J connectivity index is 0.00000365.